The highest BCUT2D eigenvalue weighted by Gasteiger charge is 2.36. The van der Waals surface area contributed by atoms with Gasteiger partial charge in [-0.25, -0.2) is 13.8 Å². The maximum atomic E-state index is 12.9. The zero-order valence-corrected chi connectivity index (χ0v) is 9.87. The van der Waals surface area contributed by atoms with Crippen molar-refractivity contribution in [3.8, 4) is 11.6 Å². The van der Waals surface area contributed by atoms with Gasteiger partial charge in [0.1, 0.15) is 0 Å². The lowest BCUT2D eigenvalue weighted by Gasteiger charge is -2.17. The molecule has 112 valence electrons. The van der Waals surface area contributed by atoms with Crippen molar-refractivity contribution in [3.63, 3.8) is 0 Å². The number of pyridine rings is 1. The van der Waals surface area contributed by atoms with E-state index < -0.39 is 47.9 Å². The molecule has 0 atom stereocenters. The van der Waals surface area contributed by atoms with Crippen LogP contribution in [0.2, 0.25) is 0 Å². The summed E-state index contributed by atoms with van der Waals surface area (Å²) >= 11 is 0. The molecule has 0 spiro atoms. The Balaban J connectivity index is 3.44. The van der Waals surface area contributed by atoms with Gasteiger partial charge in [0.2, 0.25) is 5.75 Å². The predicted octanol–water partition coefficient (Wildman–Crippen LogP) is 2.55. The normalized spacial score (nSPS) is 11.6. The summed E-state index contributed by atoms with van der Waals surface area (Å²) in [5.74, 6) is -3.66. The van der Waals surface area contributed by atoms with Crippen molar-refractivity contribution in [2.45, 2.75) is 19.2 Å². The van der Waals surface area contributed by atoms with E-state index >= 15 is 0 Å². The van der Waals surface area contributed by atoms with Crippen LogP contribution in [-0.2, 0) is 11.2 Å². The quantitative estimate of drug-likeness (QED) is 0.846. The summed E-state index contributed by atoms with van der Waals surface area (Å²) in [7, 11) is 0.914. The average molecular weight is 301 g/mol. The molecule has 1 heterocycles. The van der Waals surface area contributed by atoms with E-state index in [1.165, 1.54) is 0 Å². The fourth-order valence-electron chi connectivity index (χ4n) is 1.43. The number of hydrogen-bond acceptors (Lipinski definition) is 4. The molecule has 1 rings (SSSR count). The van der Waals surface area contributed by atoms with E-state index in [0.29, 0.717) is 6.20 Å². The van der Waals surface area contributed by atoms with E-state index in [9.17, 15) is 26.7 Å². The number of halogens is 5. The minimum Gasteiger partial charge on any atom is -0.481 e. The number of carbonyl (C=O) groups is 1. The van der Waals surface area contributed by atoms with E-state index in [4.69, 9.17) is 5.11 Å². The molecule has 1 aromatic rings. The molecule has 0 saturated carbocycles. The summed E-state index contributed by atoms with van der Waals surface area (Å²) < 4.78 is 70.4. The van der Waals surface area contributed by atoms with E-state index in [1.807, 2.05) is 0 Å². The van der Waals surface area contributed by atoms with Crippen molar-refractivity contribution < 1.29 is 41.3 Å². The molecule has 0 saturated heterocycles. The maximum absolute atomic E-state index is 12.9. The number of carboxylic acid groups (broad SMARTS) is 1. The van der Waals surface area contributed by atoms with Gasteiger partial charge in [-0.2, -0.15) is 0 Å². The second kappa shape index (κ2) is 5.88. The number of methoxy groups -OCH3 is 1. The van der Waals surface area contributed by atoms with Crippen LogP contribution in [0.3, 0.4) is 0 Å². The van der Waals surface area contributed by atoms with Crippen molar-refractivity contribution in [2.75, 3.05) is 7.11 Å². The van der Waals surface area contributed by atoms with Gasteiger partial charge in [-0.15, -0.1) is 13.2 Å². The Labute approximate surface area is 108 Å². The standard InChI is InChI=1S/C10H8F5NO4/c1-19-9-7(20-10(13,14)15)6(8(11)12)4(3-16-9)2-5(17)18/h3,8H,2H2,1H3,(H,17,18). The molecule has 0 fully saturated rings. The van der Waals surface area contributed by atoms with Crippen LogP contribution in [0.15, 0.2) is 6.20 Å². The molecular formula is C10H8F5NO4. The van der Waals surface area contributed by atoms with Gasteiger partial charge in [0.15, 0.2) is 0 Å². The first-order valence-corrected chi connectivity index (χ1v) is 4.97. The second-order valence-corrected chi connectivity index (χ2v) is 3.45. The minimum atomic E-state index is -5.25. The van der Waals surface area contributed by atoms with Crippen LogP contribution in [-0.4, -0.2) is 29.5 Å². The van der Waals surface area contributed by atoms with Gasteiger partial charge in [-0.3, -0.25) is 4.79 Å². The van der Waals surface area contributed by atoms with Crippen molar-refractivity contribution in [3.05, 3.63) is 17.3 Å². The number of carboxylic acids is 1. The summed E-state index contributed by atoms with van der Waals surface area (Å²) in [5.41, 5.74) is -1.80. The SMILES string of the molecule is COc1ncc(CC(=O)O)c(C(F)F)c1OC(F)(F)F. The number of aliphatic carboxylic acids is 1. The van der Waals surface area contributed by atoms with Gasteiger partial charge in [0.25, 0.3) is 12.3 Å². The topological polar surface area (TPSA) is 68.7 Å². The summed E-state index contributed by atoms with van der Waals surface area (Å²) in [6.07, 6.45) is -8.86. The Kier molecular flexibility index (Phi) is 4.69. The van der Waals surface area contributed by atoms with Gasteiger partial charge in [0.05, 0.1) is 19.1 Å². The van der Waals surface area contributed by atoms with Gasteiger partial charge < -0.3 is 14.6 Å². The lowest BCUT2D eigenvalue weighted by Crippen LogP contribution is -2.20. The highest BCUT2D eigenvalue weighted by Crippen LogP contribution is 2.40. The second-order valence-electron chi connectivity index (χ2n) is 3.45. The summed E-state index contributed by atoms with van der Waals surface area (Å²) in [6.45, 7) is 0. The Morgan fingerprint density at radius 3 is 2.45 bits per heavy atom. The van der Waals surface area contributed by atoms with Crippen LogP contribution in [0.5, 0.6) is 11.6 Å². The summed E-state index contributed by atoms with van der Waals surface area (Å²) in [4.78, 5) is 13.9. The van der Waals surface area contributed by atoms with Crippen LogP contribution >= 0.6 is 0 Å². The highest BCUT2D eigenvalue weighted by atomic mass is 19.4. The van der Waals surface area contributed by atoms with E-state index in [0.717, 1.165) is 7.11 Å². The zero-order chi connectivity index (χ0) is 15.5. The first kappa shape index (κ1) is 15.9. The van der Waals surface area contributed by atoms with Gasteiger partial charge >= 0.3 is 12.3 Å². The van der Waals surface area contributed by atoms with Crippen LogP contribution < -0.4 is 9.47 Å². The van der Waals surface area contributed by atoms with Crippen molar-refractivity contribution in [1.82, 2.24) is 4.98 Å². The lowest BCUT2D eigenvalue weighted by molar-refractivity contribution is -0.275. The van der Waals surface area contributed by atoms with E-state index in [-0.39, 0.29) is 0 Å². The largest absolute Gasteiger partial charge is 0.573 e. The van der Waals surface area contributed by atoms with Crippen LogP contribution in [0, 0.1) is 0 Å². The molecular weight excluding hydrogens is 293 g/mol. The third-order valence-corrected chi connectivity index (χ3v) is 2.09. The number of nitrogens with zero attached hydrogens (tertiary/aromatic N) is 1. The molecule has 0 aliphatic carbocycles. The molecule has 10 heteroatoms. The number of alkyl halides is 5. The third kappa shape index (κ3) is 3.93. The van der Waals surface area contributed by atoms with Crippen molar-refractivity contribution in [1.29, 1.82) is 0 Å². The molecule has 0 radical (unpaired) electrons. The molecule has 0 unspecified atom stereocenters. The molecule has 0 aliphatic heterocycles. The lowest BCUT2D eigenvalue weighted by atomic mass is 10.1. The molecule has 0 aliphatic rings. The smallest absolute Gasteiger partial charge is 0.481 e. The van der Waals surface area contributed by atoms with Gasteiger partial charge in [-0.1, -0.05) is 0 Å². The van der Waals surface area contributed by atoms with Crippen LogP contribution in [0.4, 0.5) is 22.0 Å². The molecule has 0 bridgehead atoms. The maximum Gasteiger partial charge on any atom is 0.573 e. The summed E-state index contributed by atoms with van der Waals surface area (Å²) in [5, 5.41) is 8.56. The predicted molar refractivity (Wildman–Crippen MR) is 53.8 cm³/mol. The van der Waals surface area contributed by atoms with Crippen molar-refractivity contribution in [2.24, 2.45) is 0 Å². The molecule has 0 amide bonds. The molecule has 1 N–H and O–H groups in total. The molecule has 20 heavy (non-hydrogen) atoms. The van der Waals surface area contributed by atoms with Gasteiger partial charge in [0, 0.05) is 6.20 Å². The van der Waals surface area contributed by atoms with Gasteiger partial charge in [-0.05, 0) is 5.56 Å². The highest BCUT2D eigenvalue weighted by molar-refractivity contribution is 5.71. The first-order valence-electron chi connectivity index (χ1n) is 4.97. The first-order chi connectivity index (χ1) is 9.15. The fraction of sp³-hybridized carbons (Fsp3) is 0.400. The van der Waals surface area contributed by atoms with Crippen molar-refractivity contribution >= 4 is 5.97 Å². The monoisotopic (exact) mass is 301 g/mol. The number of aromatic nitrogens is 1. The zero-order valence-electron chi connectivity index (χ0n) is 9.87. The third-order valence-electron chi connectivity index (χ3n) is 2.09. The number of ether oxygens (including phenoxy) is 2. The van der Waals surface area contributed by atoms with Crippen LogP contribution in [0.1, 0.15) is 17.6 Å². The fourth-order valence-corrected chi connectivity index (χ4v) is 1.43. The molecule has 1 aromatic heterocycles. The van der Waals surface area contributed by atoms with Crippen LogP contribution in [0.25, 0.3) is 0 Å². The van der Waals surface area contributed by atoms with E-state index in [1.54, 1.807) is 0 Å². The average Bonchev–Trinajstić information content (AvgIpc) is 2.25. The minimum absolute atomic E-state index is 0.590. The Hall–Kier alpha value is -2.13. The Morgan fingerprint density at radius 2 is 2.05 bits per heavy atom. The Morgan fingerprint density at radius 1 is 1.45 bits per heavy atom. The number of hydrogen-bond donors (Lipinski definition) is 1. The molecule has 5 nitrogen and oxygen atoms in total. The molecule has 0 aromatic carbocycles. The Bertz CT molecular complexity index is 503. The van der Waals surface area contributed by atoms with E-state index in [2.05, 4.69) is 14.5 Å². The summed E-state index contributed by atoms with van der Waals surface area (Å²) in [6, 6.07) is 0. The number of rotatable bonds is 5.